The van der Waals surface area contributed by atoms with Crippen molar-refractivity contribution < 1.29 is 17.9 Å². The van der Waals surface area contributed by atoms with E-state index in [0.717, 1.165) is 51.4 Å². The molecule has 0 saturated carbocycles. The van der Waals surface area contributed by atoms with E-state index in [1.807, 2.05) is 0 Å². The molecule has 0 aromatic heterocycles. The summed E-state index contributed by atoms with van der Waals surface area (Å²) < 4.78 is 0. The molecule has 22 heavy (non-hydrogen) atoms. The Bertz CT molecular complexity index is 277. The Morgan fingerprint density at radius 3 is 2.32 bits per heavy atom. The van der Waals surface area contributed by atoms with Crippen molar-refractivity contribution in [3.8, 4) is 0 Å². The van der Waals surface area contributed by atoms with Gasteiger partial charge in [-0.15, -0.1) is 0 Å². The van der Waals surface area contributed by atoms with E-state index in [1.165, 1.54) is 25.7 Å². The molecule has 2 N–H and O–H groups in total. The second kappa shape index (κ2) is 19.0. The Morgan fingerprint density at radius 2 is 1.64 bits per heavy atom. The molecule has 0 aliphatic rings. The summed E-state index contributed by atoms with van der Waals surface area (Å²) in [6.45, 7) is 2.20. The molecule has 0 heterocycles. The van der Waals surface area contributed by atoms with Gasteiger partial charge in [0.1, 0.15) is 0 Å². The van der Waals surface area contributed by atoms with Crippen LogP contribution in [0.5, 0.6) is 0 Å². The smallest absolute Gasteiger partial charge is 1.00 e. The number of aliphatic hydroxyl groups excluding tert-OH is 1. The average molecular weight is 325 g/mol. The van der Waals surface area contributed by atoms with Crippen molar-refractivity contribution in [2.45, 2.75) is 96.5 Å². The molecule has 0 aromatic rings. The van der Waals surface area contributed by atoms with Gasteiger partial charge in [0.25, 0.3) is 0 Å². The van der Waals surface area contributed by atoms with Crippen LogP contribution in [-0.4, -0.2) is 45.3 Å². The van der Waals surface area contributed by atoms with Gasteiger partial charge in [-0.2, -0.15) is 0 Å². The van der Waals surface area contributed by atoms with E-state index in [1.54, 1.807) is 0 Å². The third kappa shape index (κ3) is 19.9. The molecule has 1 unspecified atom stereocenters. The quantitative estimate of drug-likeness (QED) is 0.255. The molecule has 128 valence electrons. The molecule has 0 aliphatic carbocycles. The van der Waals surface area contributed by atoms with Gasteiger partial charge >= 0.3 is 29.0 Å². The Balaban J connectivity index is -0.000000667. The molecule has 0 aliphatic heterocycles. The Labute approximate surface area is 155 Å². The van der Waals surface area contributed by atoms with Crippen LogP contribution >= 0.6 is 0 Å². The summed E-state index contributed by atoms with van der Waals surface area (Å²) >= 11 is 0. The van der Waals surface area contributed by atoms with E-state index < -0.39 is 5.97 Å². The van der Waals surface area contributed by atoms with Crippen LogP contribution in [0.4, 0.5) is 0 Å². The first-order valence-corrected chi connectivity index (χ1v) is 8.71. The van der Waals surface area contributed by atoms with Crippen LogP contribution in [0.2, 0.25) is 0 Å². The van der Waals surface area contributed by atoms with Gasteiger partial charge < -0.3 is 13.1 Å². The maximum absolute atomic E-state index is 10.3. The number of aliphatic hydroxyl groups is 1. The van der Waals surface area contributed by atoms with Gasteiger partial charge in [0, 0.05) is 6.42 Å². The summed E-state index contributed by atoms with van der Waals surface area (Å²) in [4.78, 5) is 10.3. The van der Waals surface area contributed by atoms with Crippen molar-refractivity contribution in [1.29, 1.82) is 0 Å². The minimum atomic E-state index is -0.689. The third-order valence-electron chi connectivity index (χ3n) is 3.73. The van der Waals surface area contributed by atoms with Crippen LogP contribution in [0.1, 0.15) is 93.2 Å². The van der Waals surface area contributed by atoms with Crippen molar-refractivity contribution >= 4 is 29.0 Å². The van der Waals surface area contributed by atoms with Crippen molar-refractivity contribution in [2.75, 3.05) is 0 Å². The Morgan fingerprint density at radius 1 is 1.00 bits per heavy atom. The van der Waals surface area contributed by atoms with Crippen molar-refractivity contribution in [2.24, 2.45) is 0 Å². The van der Waals surface area contributed by atoms with Gasteiger partial charge in [0.15, 0.2) is 0 Å². The normalized spacial score (nSPS) is 12.3. The maximum Gasteiger partial charge on any atom is 2.00 e. The number of hydrogen-bond acceptors (Lipinski definition) is 2. The number of carboxylic acids is 1. The van der Waals surface area contributed by atoms with Crippen LogP contribution in [0.25, 0.3) is 0 Å². The van der Waals surface area contributed by atoms with Crippen molar-refractivity contribution in [3.63, 3.8) is 0 Å². The minimum Gasteiger partial charge on any atom is -1.00 e. The Hall–Kier alpha value is -0.0638. The standard InChI is InChI=1S/C18H34O3.Mg.2H/c1-2-3-4-11-14-17(19)15-12-9-7-5-6-8-10-13-16-18(20)21;;;/h9,12,17,19H,2-8,10-11,13-16H2,1H3,(H,20,21);;;/q;+2;2*-1/b12-9-;;;. The monoisotopic (exact) mass is 324 g/mol. The van der Waals surface area contributed by atoms with E-state index in [9.17, 15) is 9.90 Å². The molecule has 3 nitrogen and oxygen atoms in total. The number of carboxylic acid groups (broad SMARTS) is 1. The summed E-state index contributed by atoms with van der Waals surface area (Å²) in [5.41, 5.74) is 0. The molecule has 0 spiro atoms. The Kier molecular flexibility index (Phi) is 20.9. The molecule has 0 bridgehead atoms. The first kappa shape index (κ1) is 24.2. The second-order valence-corrected chi connectivity index (χ2v) is 5.91. The number of rotatable bonds is 15. The SMILES string of the molecule is CCCCCCC(O)C/C=C\CCCCCCCC(=O)O.[H-].[H-].[Mg+2]. The molecule has 0 fully saturated rings. The molecule has 0 radical (unpaired) electrons. The van der Waals surface area contributed by atoms with Crippen LogP contribution < -0.4 is 0 Å². The van der Waals surface area contributed by atoms with Crippen LogP contribution in [-0.2, 0) is 4.79 Å². The van der Waals surface area contributed by atoms with E-state index in [4.69, 9.17) is 5.11 Å². The van der Waals surface area contributed by atoms with E-state index in [0.29, 0.717) is 6.42 Å². The predicted octanol–water partition coefficient (Wildman–Crippen LogP) is 4.92. The van der Waals surface area contributed by atoms with Gasteiger partial charge in [-0.1, -0.05) is 64.0 Å². The van der Waals surface area contributed by atoms with Crippen molar-refractivity contribution in [1.82, 2.24) is 0 Å². The second-order valence-electron chi connectivity index (χ2n) is 5.91. The zero-order valence-electron chi connectivity index (χ0n) is 16.4. The first-order chi connectivity index (χ1) is 10.2. The fourth-order valence-corrected chi connectivity index (χ4v) is 2.36. The topological polar surface area (TPSA) is 57.5 Å². The van der Waals surface area contributed by atoms with Crippen LogP contribution in [0.15, 0.2) is 12.2 Å². The fourth-order valence-electron chi connectivity index (χ4n) is 2.36. The van der Waals surface area contributed by atoms with Crippen molar-refractivity contribution in [3.05, 3.63) is 12.2 Å². The number of aliphatic carboxylic acids is 1. The van der Waals surface area contributed by atoms with E-state index in [-0.39, 0.29) is 32.0 Å². The zero-order chi connectivity index (χ0) is 15.8. The molecule has 1 atom stereocenters. The van der Waals surface area contributed by atoms with Gasteiger partial charge in [-0.3, -0.25) is 4.79 Å². The zero-order valence-corrected chi connectivity index (χ0v) is 15.8. The summed E-state index contributed by atoms with van der Waals surface area (Å²) in [5.74, 6) is -0.689. The first-order valence-electron chi connectivity index (χ1n) is 8.71. The number of hydrogen-bond donors (Lipinski definition) is 2. The molecular formula is C18H36MgO3. The molecular weight excluding hydrogens is 288 g/mol. The third-order valence-corrected chi connectivity index (χ3v) is 3.73. The summed E-state index contributed by atoms with van der Waals surface area (Å²) in [5, 5.41) is 18.3. The number of unbranched alkanes of at least 4 members (excludes halogenated alkanes) is 8. The molecule has 0 aromatic carbocycles. The average Bonchev–Trinajstić information content (AvgIpc) is 2.45. The molecule has 0 saturated heterocycles. The number of carbonyl (C=O) groups is 1. The van der Waals surface area contributed by atoms with E-state index in [2.05, 4.69) is 19.1 Å². The van der Waals surface area contributed by atoms with Gasteiger partial charge in [0.05, 0.1) is 6.10 Å². The van der Waals surface area contributed by atoms with Gasteiger partial charge in [-0.05, 0) is 32.1 Å². The maximum atomic E-state index is 10.3. The van der Waals surface area contributed by atoms with Gasteiger partial charge in [0.2, 0.25) is 0 Å². The minimum absolute atomic E-state index is 0. The number of allylic oxidation sites excluding steroid dienone is 1. The largest absolute Gasteiger partial charge is 2.00 e. The summed E-state index contributed by atoms with van der Waals surface area (Å²) in [6, 6.07) is 0. The summed E-state index contributed by atoms with van der Waals surface area (Å²) in [7, 11) is 0. The predicted molar refractivity (Wildman–Crippen MR) is 96.5 cm³/mol. The molecule has 0 amide bonds. The van der Waals surface area contributed by atoms with Crippen LogP contribution in [0.3, 0.4) is 0 Å². The summed E-state index contributed by atoms with van der Waals surface area (Å²) in [6.07, 6.45) is 17.4. The fraction of sp³-hybridized carbons (Fsp3) is 0.833. The molecule has 4 heteroatoms. The molecule has 0 rings (SSSR count). The van der Waals surface area contributed by atoms with E-state index >= 15 is 0 Å². The van der Waals surface area contributed by atoms with Gasteiger partial charge in [-0.25, -0.2) is 0 Å². The van der Waals surface area contributed by atoms with Crippen LogP contribution in [0, 0.1) is 0 Å².